The van der Waals surface area contributed by atoms with Crippen molar-refractivity contribution in [1.82, 2.24) is 0 Å². The lowest BCUT2D eigenvalue weighted by Crippen LogP contribution is -2.48. The van der Waals surface area contributed by atoms with Crippen molar-refractivity contribution in [3.63, 3.8) is 0 Å². The van der Waals surface area contributed by atoms with Crippen molar-refractivity contribution >= 4 is 21.7 Å². The van der Waals surface area contributed by atoms with Crippen LogP contribution in [-0.4, -0.2) is 16.0 Å². The van der Waals surface area contributed by atoms with Crippen molar-refractivity contribution < 1.29 is 19.7 Å². The van der Waals surface area contributed by atoms with E-state index in [1.54, 1.807) is 30.3 Å². The third-order valence-corrected chi connectivity index (χ3v) is 5.22. The van der Waals surface area contributed by atoms with Crippen LogP contribution in [0.1, 0.15) is 46.8 Å². The minimum Gasteiger partial charge on any atom is -0.454 e. The lowest BCUT2D eigenvalue weighted by atomic mass is 9.86. The first-order chi connectivity index (χ1) is 10.8. The van der Waals surface area contributed by atoms with E-state index in [4.69, 9.17) is 4.74 Å². The highest BCUT2D eigenvalue weighted by Crippen LogP contribution is 2.58. The first-order valence-corrected chi connectivity index (χ1v) is 8.21. The maximum atomic E-state index is 12.8. The summed E-state index contributed by atoms with van der Waals surface area (Å²) in [6.07, 6.45) is 0. The normalized spacial score (nSPS) is 27.7. The van der Waals surface area contributed by atoms with Crippen LogP contribution in [-0.2, 0) is 11.4 Å². The molecule has 2 aromatic rings. The van der Waals surface area contributed by atoms with Gasteiger partial charge in [0, 0.05) is 21.2 Å². The molecule has 4 rings (SSSR count). The number of halogens is 1. The van der Waals surface area contributed by atoms with Crippen molar-refractivity contribution in [3.8, 4) is 5.75 Å². The molecule has 0 amide bonds. The summed E-state index contributed by atoms with van der Waals surface area (Å²) in [5.41, 5.74) is -0.236. The topological polar surface area (TPSA) is 66.8 Å². The molecule has 2 aliphatic rings. The zero-order valence-corrected chi connectivity index (χ0v) is 14.2. The molecule has 0 saturated heterocycles. The van der Waals surface area contributed by atoms with Crippen LogP contribution in [0.25, 0.3) is 0 Å². The predicted molar refractivity (Wildman–Crippen MR) is 87.4 cm³/mol. The zero-order valence-electron chi connectivity index (χ0n) is 12.6. The van der Waals surface area contributed by atoms with Crippen molar-refractivity contribution in [1.29, 1.82) is 0 Å². The van der Waals surface area contributed by atoms with Gasteiger partial charge < -0.3 is 14.9 Å². The average molecular weight is 375 g/mol. The molecule has 1 heterocycles. The summed E-state index contributed by atoms with van der Waals surface area (Å²) in [6.45, 7) is 4.08. The third-order valence-electron chi connectivity index (χ3n) is 4.73. The smallest absolute Gasteiger partial charge is 0.276 e. The summed E-state index contributed by atoms with van der Waals surface area (Å²) in [4.78, 5) is 12.8. The molecule has 118 valence electrons. The summed E-state index contributed by atoms with van der Waals surface area (Å²) in [7, 11) is 0. The van der Waals surface area contributed by atoms with Gasteiger partial charge in [0.25, 0.3) is 5.79 Å². The number of rotatable bonds is 1. The molecule has 23 heavy (non-hydrogen) atoms. The number of hydrogen-bond acceptors (Lipinski definition) is 4. The van der Waals surface area contributed by atoms with Crippen molar-refractivity contribution in [2.24, 2.45) is 0 Å². The number of fused-ring (bicyclic) bond motifs is 5. The Morgan fingerprint density at radius 3 is 2.48 bits per heavy atom. The summed E-state index contributed by atoms with van der Waals surface area (Å²) in [5.74, 6) is -2.01. The summed E-state index contributed by atoms with van der Waals surface area (Å²) >= 11 is 3.31. The van der Waals surface area contributed by atoms with Crippen LogP contribution in [0.2, 0.25) is 0 Å². The van der Waals surface area contributed by atoms with E-state index in [2.05, 4.69) is 15.9 Å². The highest BCUT2D eigenvalue weighted by molar-refractivity contribution is 9.10. The molecule has 1 aliphatic carbocycles. The Labute approximate surface area is 141 Å². The third kappa shape index (κ3) is 1.65. The van der Waals surface area contributed by atoms with E-state index in [1.165, 1.54) is 0 Å². The molecule has 0 bridgehead atoms. The Morgan fingerprint density at radius 1 is 1.09 bits per heavy atom. The van der Waals surface area contributed by atoms with Crippen LogP contribution in [0.15, 0.2) is 40.9 Å². The van der Waals surface area contributed by atoms with Crippen LogP contribution in [0.5, 0.6) is 5.75 Å². The first kappa shape index (κ1) is 14.9. The van der Waals surface area contributed by atoms with Gasteiger partial charge in [0.05, 0.1) is 0 Å². The van der Waals surface area contributed by atoms with Gasteiger partial charge >= 0.3 is 0 Å². The summed E-state index contributed by atoms with van der Waals surface area (Å²) in [6, 6.07) is 10.2. The number of carbonyl (C=O) groups is 1. The number of ketones is 1. The summed E-state index contributed by atoms with van der Waals surface area (Å²) in [5, 5.41) is 22.2. The monoisotopic (exact) mass is 374 g/mol. The predicted octanol–water partition coefficient (Wildman–Crippen LogP) is 3.19. The van der Waals surface area contributed by atoms with Crippen LogP contribution < -0.4 is 4.74 Å². The maximum Gasteiger partial charge on any atom is 0.276 e. The number of Topliss-reactive ketones (excluding diaryl/α,β-unsaturated/α-hetero) is 1. The van der Waals surface area contributed by atoms with E-state index < -0.39 is 17.2 Å². The Kier molecular flexibility index (Phi) is 2.87. The molecule has 0 radical (unpaired) electrons. The summed E-state index contributed by atoms with van der Waals surface area (Å²) < 4.78 is 6.42. The van der Waals surface area contributed by atoms with E-state index in [1.807, 2.05) is 19.9 Å². The molecule has 0 saturated carbocycles. The zero-order chi connectivity index (χ0) is 16.6. The Balaban J connectivity index is 1.96. The van der Waals surface area contributed by atoms with Gasteiger partial charge in [0.2, 0.25) is 11.4 Å². The van der Waals surface area contributed by atoms with E-state index >= 15 is 0 Å². The minimum absolute atomic E-state index is 0.267. The molecule has 0 aromatic heterocycles. The van der Waals surface area contributed by atoms with Gasteiger partial charge in [-0.15, -0.1) is 0 Å². The van der Waals surface area contributed by atoms with Crippen LogP contribution >= 0.6 is 15.9 Å². The molecule has 4 nitrogen and oxygen atoms in total. The van der Waals surface area contributed by atoms with Crippen molar-refractivity contribution in [3.05, 3.63) is 63.1 Å². The van der Waals surface area contributed by atoms with Gasteiger partial charge in [-0.1, -0.05) is 48.0 Å². The van der Waals surface area contributed by atoms with Crippen LogP contribution in [0.3, 0.4) is 0 Å². The molecule has 2 N–H and O–H groups in total. The second-order valence-electron chi connectivity index (χ2n) is 6.39. The second kappa shape index (κ2) is 4.44. The van der Waals surface area contributed by atoms with E-state index in [0.29, 0.717) is 15.8 Å². The van der Waals surface area contributed by atoms with Gasteiger partial charge in [-0.2, -0.15) is 0 Å². The standard InChI is InChI=1S/C18H15BrO4/c1-9(2)10-3-5-14-15(7-10)23-18(22)13-6-4-11(19)8-12(13)16(20)17(14,18)21/h3-9,21-22H,1-2H3/t17-,18-/m0/s1. The highest BCUT2D eigenvalue weighted by Gasteiger charge is 2.70. The van der Waals surface area contributed by atoms with E-state index in [-0.39, 0.29) is 17.0 Å². The van der Waals surface area contributed by atoms with Crippen LogP contribution in [0, 0.1) is 0 Å². The fraction of sp³-hybridized carbons (Fsp3) is 0.278. The Morgan fingerprint density at radius 2 is 1.78 bits per heavy atom. The fourth-order valence-electron chi connectivity index (χ4n) is 3.42. The van der Waals surface area contributed by atoms with Gasteiger partial charge in [-0.25, -0.2) is 0 Å². The average Bonchev–Trinajstić information content (AvgIpc) is 2.83. The molecule has 5 heteroatoms. The molecule has 2 atom stereocenters. The van der Waals surface area contributed by atoms with Crippen molar-refractivity contribution in [2.75, 3.05) is 0 Å². The van der Waals surface area contributed by atoms with Gasteiger partial charge in [-0.3, -0.25) is 4.79 Å². The molecule has 0 fully saturated rings. The number of hydrogen-bond donors (Lipinski definition) is 2. The Hall–Kier alpha value is -1.69. The molecule has 0 spiro atoms. The van der Waals surface area contributed by atoms with E-state index in [9.17, 15) is 15.0 Å². The lowest BCUT2D eigenvalue weighted by Gasteiger charge is -2.28. The Bertz CT molecular complexity index is 860. The quantitative estimate of drug-likeness (QED) is 0.804. The number of ether oxygens (including phenoxy) is 1. The lowest BCUT2D eigenvalue weighted by molar-refractivity contribution is -0.224. The number of carbonyl (C=O) groups excluding carboxylic acids is 1. The highest BCUT2D eigenvalue weighted by atomic mass is 79.9. The largest absolute Gasteiger partial charge is 0.454 e. The van der Waals surface area contributed by atoms with E-state index in [0.717, 1.165) is 5.56 Å². The maximum absolute atomic E-state index is 12.8. The van der Waals surface area contributed by atoms with Crippen LogP contribution in [0.4, 0.5) is 0 Å². The number of benzene rings is 2. The molecule has 0 unspecified atom stereocenters. The van der Waals surface area contributed by atoms with Crippen molar-refractivity contribution in [2.45, 2.75) is 31.2 Å². The van der Waals surface area contributed by atoms with Gasteiger partial charge in [0.15, 0.2) is 0 Å². The van der Waals surface area contributed by atoms with Gasteiger partial charge in [0.1, 0.15) is 5.75 Å². The van der Waals surface area contributed by atoms with Gasteiger partial charge in [-0.05, 0) is 29.7 Å². The minimum atomic E-state index is -2.11. The SMILES string of the molecule is CC(C)c1ccc2c(c1)O[C@@]1(O)c3ccc(Br)cc3C(=O)[C@@]21O. The fourth-order valence-corrected chi connectivity index (χ4v) is 3.78. The second-order valence-corrected chi connectivity index (χ2v) is 7.30. The molecular weight excluding hydrogens is 360 g/mol. The number of aliphatic hydroxyl groups is 2. The molecule has 1 aliphatic heterocycles. The molecule has 2 aromatic carbocycles. The first-order valence-electron chi connectivity index (χ1n) is 7.42. The molecular formula is C18H15BrO4.